The highest BCUT2D eigenvalue weighted by atomic mass is 16.5. The summed E-state index contributed by atoms with van der Waals surface area (Å²) in [5.41, 5.74) is 0.197. The Kier molecular flexibility index (Phi) is 6.92. The predicted molar refractivity (Wildman–Crippen MR) is 72.9 cm³/mol. The summed E-state index contributed by atoms with van der Waals surface area (Å²) in [7, 11) is 1.67. The number of ether oxygens (including phenoxy) is 2. The van der Waals surface area contributed by atoms with Crippen LogP contribution >= 0.6 is 0 Å². The molecule has 1 aromatic rings. The Morgan fingerprint density at radius 1 is 1.26 bits per heavy atom. The second kappa shape index (κ2) is 8.50. The lowest BCUT2D eigenvalue weighted by Gasteiger charge is -2.20. The van der Waals surface area contributed by atoms with E-state index in [1.54, 1.807) is 31.4 Å². The van der Waals surface area contributed by atoms with Crippen molar-refractivity contribution in [1.29, 1.82) is 0 Å². The van der Waals surface area contributed by atoms with Gasteiger partial charge in [-0.2, -0.15) is 0 Å². The fourth-order valence-corrected chi connectivity index (χ4v) is 1.70. The molecule has 0 amide bonds. The maximum atomic E-state index is 11.0. The van der Waals surface area contributed by atoms with Gasteiger partial charge in [0.2, 0.25) is 0 Å². The van der Waals surface area contributed by atoms with Crippen molar-refractivity contribution in [3.63, 3.8) is 0 Å². The van der Waals surface area contributed by atoms with Crippen LogP contribution in [0.2, 0.25) is 0 Å². The van der Waals surface area contributed by atoms with Crippen LogP contribution in [0.25, 0.3) is 0 Å². The van der Waals surface area contributed by atoms with Gasteiger partial charge in [-0.3, -0.25) is 4.90 Å². The minimum Gasteiger partial charge on any atom is -0.491 e. The quantitative estimate of drug-likeness (QED) is 0.738. The van der Waals surface area contributed by atoms with Crippen LogP contribution in [0.3, 0.4) is 0 Å². The van der Waals surface area contributed by atoms with Gasteiger partial charge in [0, 0.05) is 20.2 Å². The zero-order valence-electron chi connectivity index (χ0n) is 11.5. The van der Waals surface area contributed by atoms with Crippen molar-refractivity contribution in [1.82, 2.24) is 4.90 Å². The maximum absolute atomic E-state index is 11.0. The first kappa shape index (κ1) is 15.5. The van der Waals surface area contributed by atoms with Crippen LogP contribution in [0, 0.1) is 0 Å². The number of nitrogens with zero attached hydrogens (tertiary/aromatic N) is 1. The molecule has 0 saturated heterocycles. The molecule has 1 rings (SSSR count). The minimum absolute atomic E-state index is 0.197. The van der Waals surface area contributed by atoms with E-state index in [1.807, 2.05) is 0 Å². The SMILES string of the molecule is CCN(CCOC)CCOc1ccccc1C(=O)O. The molecular formula is C14H21NO4. The van der Waals surface area contributed by atoms with Crippen LogP contribution in [0.4, 0.5) is 0 Å². The van der Waals surface area contributed by atoms with Gasteiger partial charge in [-0.15, -0.1) is 0 Å². The first-order valence-electron chi connectivity index (χ1n) is 6.35. The van der Waals surface area contributed by atoms with Gasteiger partial charge in [0.25, 0.3) is 0 Å². The Morgan fingerprint density at radius 3 is 2.58 bits per heavy atom. The second-order valence-corrected chi connectivity index (χ2v) is 4.08. The van der Waals surface area contributed by atoms with Gasteiger partial charge < -0.3 is 14.6 Å². The molecule has 0 bridgehead atoms. The average Bonchev–Trinajstić information content (AvgIpc) is 2.43. The number of carbonyl (C=O) groups is 1. The Labute approximate surface area is 113 Å². The molecule has 0 spiro atoms. The third kappa shape index (κ3) is 5.28. The van der Waals surface area contributed by atoms with Gasteiger partial charge in [0.15, 0.2) is 0 Å². The summed E-state index contributed by atoms with van der Waals surface area (Å²) in [6.45, 7) is 5.71. The van der Waals surface area contributed by atoms with Gasteiger partial charge in [0.1, 0.15) is 17.9 Å². The van der Waals surface area contributed by atoms with Gasteiger partial charge in [-0.1, -0.05) is 19.1 Å². The van der Waals surface area contributed by atoms with E-state index in [4.69, 9.17) is 14.6 Å². The standard InChI is InChI=1S/C14H21NO4/c1-3-15(8-10-18-2)9-11-19-13-7-5-4-6-12(13)14(16)17/h4-7H,3,8-11H2,1-2H3,(H,16,17). The molecule has 5 nitrogen and oxygen atoms in total. The van der Waals surface area contributed by atoms with Crippen molar-refractivity contribution < 1.29 is 19.4 Å². The molecule has 19 heavy (non-hydrogen) atoms. The molecule has 5 heteroatoms. The zero-order valence-corrected chi connectivity index (χ0v) is 11.5. The molecule has 0 aromatic heterocycles. The lowest BCUT2D eigenvalue weighted by atomic mass is 10.2. The number of hydrogen-bond acceptors (Lipinski definition) is 4. The average molecular weight is 267 g/mol. The molecule has 0 atom stereocenters. The van der Waals surface area contributed by atoms with Crippen LogP contribution in [-0.2, 0) is 4.74 Å². The number of methoxy groups -OCH3 is 1. The fourth-order valence-electron chi connectivity index (χ4n) is 1.70. The number of para-hydroxylation sites is 1. The smallest absolute Gasteiger partial charge is 0.339 e. The molecular weight excluding hydrogens is 246 g/mol. The van der Waals surface area contributed by atoms with Gasteiger partial charge >= 0.3 is 5.97 Å². The summed E-state index contributed by atoms with van der Waals surface area (Å²) in [5, 5.41) is 9.03. The lowest BCUT2D eigenvalue weighted by Crippen LogP contribution is -2.31. The number of hydrogen-bond donors (Lipinski definition) is 1. The molecule has 1 N–H and O–H groups in total. The highest BCUT2D eigenvalue weighted by Crippen LogP contribution is 2.17. The summed E-state index contributed by atoms with van der Waals surface area (Å²) >= 11 is 0. The Hall–Kier alpha value is -1.59. The summed E-state index contributed by atoms with van der Waals surface area (Å²) in [4.78, 5) is 13.2. The summed E-state index contributed by atoms with van der Waals surface area (Å²) in [6.07, 6.45) is 0. The van der Waals surface area contributed by atoms with E-state index in [2.05, 4.69) is 11.8 Å². The van der Waals surface area contributed by atoms with Crippen LogP contribution in [0.1, 0.15) is 17.3 Å². The van der Waals surface area contributed by atoms with Crippen molar-refractivity contribution in [2.24, 2.45) is 0 Å². The van der Waals surface area contributed by atoms with E-state index >= 15 is 0 Å². The number of carboxylic acids is 1. The van der Waals surface area contributed by atoms with Crippen molar-refractivity contribution in [2.45, 2.75) is 6.92 Å². The molecule has 0 unspecified atom stereocenters. The van der Waals surface area contributed by atoms with Gasteiger partial charge in [-0.05, 0) is 18.7 Å². The zero-order chi connectivity index (χ0) is 14.1. The van der Waals surface area contributed by atoms with Crippen molar-refractivity contribution in [3.8, 4) is 5.75 Å². The van der Waals surface area contributed by atoms with Gasteiger partial charge in [0.05, 0.1) is 6.61 Å². The maximum Gasteiger partial charge on any atom is 0.339 e. The van der Waals surface area contributed by atoms with Crippen LogP contribution in [0.15, 0.2) is 24.3 Å². The molecule has 0 aliphatic heterocycles. The highest BCUT2D eigenvalue weighted by Gasteiger charge is 2.10. The van der Waals surface area contributed by atoms with E-state index in [9.17, 15) is 4.79 Å². The first-order valence-corrected chi connectivity index (χ1v) is 6.35. The molecule has 0 saturated carbocycles. The first-order chi connectivity index (χ1) is 9.19. The van der Waals surface area contributed by atoms with Gasteiger partial charge in [-0.25, -0.2) is 4.79 Å². The molecule has 106 valence electrons. The summed E-state index contributed by atoms with van der Waals surface area (Å²) in [5.74, 6) is -0.555. The molecule has 0 aliphatic rings. The molecule has 0 radical (unpaired) electrons. The summed E-state index contributed by atoms with van der Waals surface area (Å²) < 4.78 is 10.6. The Bertz CT molecular complexity index is 395. The number of likely N-dealkylation sites (N-methyl/N-ethyl adjacent to an activating group) is 1. The van der Waals surface area contributed by atoms with E-state index in [0.29, 0.717) is 19.0 Å². The second-order valence-electron chi connectivity index (χ2n) is 4.08. The number of aromatic carboxylic acids is 1. The van der Waals surface area contributed by atoms with E-state index < -0.39 is 5.97 Å². The molecule has 0 heterocycles. The molecule has 1 aromatic carbocycles. The Balaban J connectivity index is 2.46. The summed E-state index contributed by atoms with van der Waals surface area (Å²) in [6, 6.07) is 6.67. The monoisotopic (exact) mass is 267 g/mol. The number of rotatable bonds is 9. The van der Waals surface area contributed by atoms with Crippen molar-refractivity contribution in [3.05, 3.63) is 29.8 Å². The van der Waals surface area contributed by atoms with E-state index in [0.717, 1.165) is 19.6 Å². The number of benzene rings is 1. The fraction of sp³-hybridized carbons (Fsp3) is 0.500. The minimum atomic E-state index is -0.970. The van der Waals surface area contributed by atoms with Crippen molar-refractivity contribution >= 4 is 5.97 Å². The van der Waals surface area contributed by atoms with E-state index in [-0.39, 0.29) is 5.56 Å². The van der Waals surface area contributed by atoms with E-state index in [1.165, 1.54) is 0 Å². The third-order valence-corrected chi connectivity index (χ3v) is 2.84. The highest BCUT2D eigenvalue weighted by molar-refractivity contribution is 5.90. The van der Waals surface area contributed by atoms with Crippen LogP contribution < -0.4 is 4.74 Å². The molecule has 0 aliphatic carbocycles. The topological polar surface area (TPSA) is 59.0 Å². The lowest BCUT2D eigenvalue weighted by molar-refractivity contribution is 0.0691. The Morgan fingerprint density at radius 2 is 1.95 bits per heavy atom. The normalized spacial score (nSPS) is 10.7. The third-order valence-electron chi connectivity index (χ3n) is 2.84. The number of carboxylic acid groups (broad SMARTS) is 1. The largest absolute Gasteiger partial charge is 0.491 e. The van der Waals surface area contributed by atoms with Crippen LogP contribution in [0.5, 0.6) is 5.75 Å². The molecule has 0 fully saturated rings. The van der Waals surface area contributed by atoms with Crippen LogP contribution in [-0.4, -0.2) is 55.9 Å². The van der Waals surface area contributed by atoms with Crippen molar-refractivity contribution in [2.75, 3.05) is 40.0 Å². The predicted octanol–water partition coefficient (Wildman–Crippen LogP) is 1.73.